The van der Waals surface area contributed by atoms with E-state index in [0.717, 1.165) is 0 Å². The van der Waals surface area contributed by atoms with Gasteiger partial charge in [-0.25, -0.2) is 4.79 Å². The first-order chi connectivity index (χ1) is 16.9. The summed E-state index contributed by atoms with van der Waals surface area (Å²) >= 11 is 0. The van der Waals surface area contributed by atoms with Crippen molar-refractivity contribution in [3.05, 3.63) is 0 Å². The number of carboxylic acid groups (broad SMARTS) is 1. The van der Waals surface area contributed by atoms with Crippen LogP contribution in [0.5, 0.6) is 0 Å². The lowest BCUT2D eigenvalue weighted by molar-refractivity contribution is -0.142. The number of carbonyl (C=O) groups is 5. The van der Waals surface area contributed by atoms with Gasteiger partial charge in [-0.2, -0.15) is 0 Å². The van der Waals surface area contributed by atoms with Crippen LogP contribution in [-0.4, -0.2) is 89.6 Å². The Morgan fingerprint density at radius 1 is 0.778 bits per heavy atom. The second kappa shape index (κ2) is 17.9. The molecule has 16 nitrogen and oxygen atoms in total. The molecule has 0 aromatic carbocycles. The summed E-state index contributed by atoms with van der Waals surface area (Å²) in [6.07, 6.45) is 1.18. The smallest absolute Gasteiger partial charge is 0.326 e. The van der Waals surface area contributed by atoms with Gasteiger partial charge >= 0.3 is 5.97 Å². The molecule has 0 aliphatic rings. The minimum absolute atomic E-state index is 0.0276. The van der Waals surface area contributed by atoms with Crippen LogP contribution in [0.3, 0.4) is 0 Å². The third-order valence-corrected chi connectivity index (χ3v) is 4.99. The number of primary amides is 1. The summed E-state index contributed by atoms with van der Waals surface area (Å²) in [4.78, 5) is 63.9. The number of hydrogen-bond acceptors (Lipinski definition) is 9. The standard InChI is InChI=1S/C20H39N9O7/c21-8-2-1-4-12(17(33)28-13(19(35)36)5-3-9-26-20(24)25)27-18(34)14(10-30)29-16(32)11(22)6-7-15(23)31/h11-14,30H,1-10,21-22H2,(H2,23,31)(H,27,34)(H,28,33)(H,29,32)(H,35,36)(H4,24,25,26). The Balaban J connectivity index is 5.25. The molecule has 206 valence electrons. The molecule has 0 spiro atoms. The van der Waals surface area contributed by atoms with Gasteiger partial charge in [-0.05, 0) is 45.1 Å². The number of unbranched alkanes of at least 4 members (excludes halogenated alkanes) is 1. The highest BCUT2D eigenvalue weighted by Gasteiger charge is 2.29. The van der Waals surface area contributed by atoms with E-state index in [1.807, 2.05) is 0 Å². The second-order valence-electron chi connectivity index (χ2n) is 8.05. The lowest BCUT2D eigenvalue weighted by Crippen LogP contribution is -2.58. The number of nitrogens with two attached hydrogens (primary N) is 5. The fourth-order valence-electron chi connectivity index (χ4n) is 2.97. The number of nitrogens with one attached hydrogen (secondary N) is 3. The SMILES string of the molecule is NCCCCC(NC(=O)C(CO)NC(=O)C(N)CCC(N)=O)C(=O)NC(CCCN=C(N)N)C(=O)O. The van der Waals surface area contributed by atoms with Crippen molar-refractivity contribution in [1.82, 2.24) is 16.0 Å². The fraction of sp³-hybridized carbons (Fsp3) is 0.700. The molecule has 0 heterocycles. The normalized spacial score (nSPS) is 14.0. The summed E-state index contributed by atoms with van der Waals surface area (Å²) < 4.78 is 0. The molecule has 4 atom stereocenters. The molecule has 0 bridgehead atoms. The molecule has 4 unspecified atom stereocenters. The Morgan fingerprint density at radius 2 is 1.33 bits per heavy atom. The first-order valence-corrected chi connectivity index (χ1v) is 11.5. The minimum atomic E-state index is -1.45. The van der Waals surface area contributed by atoms with E-state index in [-0.39, 0.29) is 44.6 Å². The van der Waals surface area contributed by atoms with Gasteiger partial charge in [-0.3, -0.25) is 24.2 Å². The number of amides is 4. The van der Waals surface area contributed by atoms with E-state index in [9.17, 15) is 34.2 Å². The summed E-state index contributed by atoms with van der Waals surface area (Å²) in [5.74, 6) is -4.55. The third-order valence-electron chi connectivity index (χ3n) is 4.99. The third kappa shape index (κ3) is 14.0. The molecular weight excluding hydrogens is 478 g/mol. The summed E-state index contributed by atoms with van der Waals surface area (Å²) in [5, 5.41) is 26.1. The van der Waals surface area contributed by atoms with Gasteiger partial charge in [-0.1, -0.05) is 0 Å². The number of hydrogen-bond donors (Lipinski definition) is 10. The summed E-state index contributed by atoms with van der Waals surface area (Å²) in [6, 6.07) is -5.04. The molecule has 36 heavy (non-hydrogen) atoms. The number of aliphatic hydroxyl groups is 1. The molecule has 0 saturated carbocycles. The van der Waals surface area contributed by atoms with Crippen molar-refractivity contribution in [2.75, 3.05) is 19.7 Å². The highest BCUT2D eigenvalue weighted by atomic mass is 16.4. The van der Waals surface area contributed by atoms with E-state index >= 15 is 0 Å². The maximum Gasteiger partial charge on any atom is 0.326 e. The molecule has 0 rings (SSSR count). The fourth-order valence-corrected chi connectivity index (χ4v) is 2.97. The van der Waals surface area contributed by atoms with Crippen molar-refractivity contribution in [3.8, 4) is 0 Å². The van der Waals surface area contributed by atoms with Crippen LogP contribution in [0.4, 0.5) is 0 Å². The van der Waals surface area contributed by atoms with E-state index in [1.54, 1.807) is 0 Å². The maximum atomic E-state index is 12.8. The predicted octanol–water partition coefficient (Wildman–Crippen LogP) is -4.71. The Kier molecular flexibility index (Phi) is 16.1. The first-order valence-electron chi connectivity index (χ1n) is 11.5. The van der Waals surface area contributed by atoms with Gasteiger partial charge in [0.15, 0.2) is 5.96 Å². The molecule has 0 aromatic rings. The highest BCUT2D eigenvalue weighted by molar-refractivity contribution is 5.94. The van der Waals surface area contributed by atoms with Crippen molar-refractivity contribution >= 4 is 35.6 Å². The van der Waals surface area contributed by atoms with Gasteiger partial charge in [0.2, 0.25) is 23.6 Å². The van der Waals surface area contributed by atoms with Gasteiger partial charge in [0.05, 0.1) is 12.6 Å². The van der Waals surface area contributed by atoms with E-state index in [2.05, 4.69) is 20.9 Å². The summed E-state index contributed by atoms with van der Waals surface area (Å²) in [7, 11) is 0. The lowest BCUT2D eigenvalue weighted by atomic mass is 10.1. The number of guanidine groups is 1. The number of carbonyl (C=O) groups excluding carboxylic acids is 4. The van der Waals surface area contributed by atoms with Crippen LogP contribution < -0.4 is 44.6 Å². The van der Waals surface area contributed by atoms with Crippen LogP contribution in [0.15, 0.2) is 4.99 Å². The second-order valence-corrected chi connectivity index (χ2v) is 8.05. The maximum absolute atomic E-state index is 12.8. The molecular formula is C20H39N9O7. The van der Waals surface area contributed by atoms with Crippen LogP contribution in [-0.2, 0) is 24.0 Å². The molecule has 0 saturated heterocycles. The van der Waals surface area contributed by atoms with Gasteiger partial charge in [0.1, 0.15) is 18.1 Å². The van der Waals surface area contributed by atoms with Crippen LogP contribution in [0.25, 0.3) is 0 Å². The van der Waals surface area contributed by atoms with Crippen molar-refractivity contribution in [1.29, 1.82) is 0 Å². The quantitative estimate of drug-likeness (QED) is 0.0440. The van der Waals surface area contributed by atoms with Crippen LogP contribution in [0.2, 0.25) is 0 Å². The Labute approximate surface area is 208 Å². The van der Waals surface area contributed by atoms with E-state index in [1.165, 1.54) is 0 Å². The summed E-state index contributed by atoms with van der Waals surface area (Å²) in [5.41, 5.74) is 26.6. The predicted molar refractivity (Wildman–Crippen MR) is 130 cm³/mol. The van der Waals surface area contributed by atoms with Gasteiger partial charge in [0.25, 0.3) is 0 Å². The average molecular weight is 518 g/mol. The van der Waals surface area contributed by atoms with Crippen molar-refractivity contribution in [2.45, 2.75) is 69.1 Å². The van der Waals surface area contributed by atoms with Gasteiger partial charge in [-0.15, -0.1) is 0 Å². The topological polar surface area (TPSA) is 304 Å². The Morgan fingerprint density at radius 3 is 1.86 bits per heavy atom. The Bertz CT molecular complexity index is 775. The number of aliphatic carboxylic acids is 1. The minimum Gasteiger partial charge on any atom is -0.480 e. The number of nitrogens with zero attached hydrogens (tertiary/aromatic N) is 1. The molecule has 0 radical (unpaired) electrons. The number of aliphatic hydroxyl groups excluding tert-OH is 1. The zero-order valence-electron chi connectivity index (χ0n) is 20.2. The Hall–Kier alpha value is -3.50. The van der Waals surface area contributed by atoms with Gasteiger partial charge < -0.3 is 54.8 Å². The first kappa shape index (κ1) is 32.5. The average Bonchev–Trinajstić information content (AvgIpc) is 2.81. The molecule has 0 fully saturated rings. The van der Waals surface area contributed by atoms with E-state index < -0.39 is 60.4 Å². The summed E-state index contributed by atoms with van der Waals surface area (Å²) in [6.45, 7) is -0.304. The number of aliphatic imine (C=N–C) groups is 1. The molecule has 16 heteroatoms. The monoisotopic (exact) mass is 517 g/mol. The number of carboxylic acids is 1. The largest absolute Gasteiger partial charge is 0.480 e. The van der Waals surface area contributed by atoms with Crippen molar-refractivity contribution < 1.29 is 34.2 Å². The van der Waals surface area contributed by atoms with Crippen LogP contribution in [0.1, 0.15) is 44.9 Å². The molecule has 4 amide bonds. The van der Waals surface area contributed by atoms with Crippen molar-refractivity contribution in [2.24, 2.45) is 33.7 Å². The molecule has 0 aliphatic heterocycles. The lowest BCUT2D eigenvalue weighted by Gasteiger charge is -2.24. The van der Waals surface area contributed by atoms with E-state index in [4.69, 9.17) is 28.7 Å². The molecule has 0 aromatic heterocycles. The van der Waals surface area contributed by atoms with E-state index in [0.29, 0.717) is 19.4 Å². The molecule has 15 N–H and O–H groups in total. The number of rotatable bonds is 19. The van der Waals surface area contributed by atoms with Crippen LogP contribution >= 0.6 is 0 Å². The zero-order chi connectivity index (χ0) is 27.7. The highest BCUT2D eigenvalue weighted by Crippen LogP contribution is 2.05. The van der Waals surface area contributed by atoms with Crippen LogP contribution in [0, 0.1) is 0 Å². The zero-order valence-corrected chi connectivity index (χ0v) is 20.2. The van der Waals surface area contributed by atoms with Crippen molar-refractivity contribution in [3.63, 3.8) is 0 Å². The van der Waals surface area contributed by atoms with Gasteiger partial charge in [0, 0.05) is 13.0 Å². The molecule has 0 aliphatic carbocycles.